The lowest BCUT2D eigenvalue weighted by Crippen LogP contribution is -2.39. The van der Waals surface area contributed by atoms with Gasteiger partial charge in [-0.15, -0.1) is 0 Å². The Hall–Kier alpha value is -3.08. The fraction of sp³-hybridized carbons (Fsp3) is 0.304. The third-order valence-electron chi connectivity index (χ3n) is 5.66. The maximum atomic E-state index is 13.0. The zero-order chi connectivity index (χ0) is 19.8. The van der Waals surface area contributed by atoms with Gasteiger partial charge in [0.2, 0.25) is 5.91 Å². The molecule has 144 valence electrons. The van der Waals surface area contributed by atoms with Crippen LogP contribution in [0.25, 0.3) is 10.9 Å². The van der Waals surface area contributed by atoms with Gasteiger partial charge in [-0.2, -0.15) is 0 Å². The molecule has 5 heteroatoms. The molecule has 0 bridgehead atoms. The van der Waals surface area contributed by atoms with Gasteiger partial charge in [0.15, 0.2) is 0 Å². The summed E-state index contributed by atoms with van der Waals surface area (Å²) in [5.41, 5.74) is 4.78. The van der Waals surface area contributed by atoms with Crippen molar-refractivity contribution in [1.29, 1.82) is 0 Å². The molecule has 0 saturated heterocycles. The number of pyridine rings is 1. The molecule has 2 heterocycles. The van der Waals surface area contributed by atoms with Crippen molar-refractivity contribution in [3.8, 4) is 5.75 Å². The summed E-state index contributed by atoms with van der Waals surface area (Å²) in [7, 11) is 1.67. The number of nitrogens with zero attached hydrogens (tertiary/aromatic N) is 1. The van der Waals surface area contributed by atoms with Crippen molar-refractivity contribution in [1.82, 2.24) is 9.88 Å². The van der Waals surface area contributed by atoms with E-state index in [4.69, 9.17) is 4.74 Å². The van der Waals surface area contributed by atoms with E-state index < -0.39 is 0 Å². The number of carbonyl (C=O) groups excluding carboxylic acids is 1. The number of ether oxygens (including phenoxy) is 1. The molecule has 1 aliphatic heterocycles. The van der Waals surface area contributed by atoms with Crippen molar-refractivity contribution in [2.45, 2.75) is 32.7 Å². The van der Waals surface area contributed by atoms with Crippen LogP contribution in [0.1, 0.15) is 35.2 Å². The van der Waals surface area contributed by atoms with Gasteiger partial charge in [-0.3, -0.25) is 9.59 Å². The maximum Gasteiger partial charge on any atom is 0.251 e. The Morgan fingerprint density at radius 2 is 2.04 bits per heavy atom. The first-order valence-electron chi connectivity index (χ1n) is 9.55. The highest BCUT2D eigenvalue weighted by molar-refractivity contribution is 5.84. The van der Waals surface area contributed by atoms with Crippen molar-refractivity contribution >= 4 is 16.8 Å². The first-order valence-corrected chi connectivity index (χ1v) is 9.55. The molecule has 28 heavy (non-hydrogen) atoms. The first-order chi connectivity index (χ1) is 13.5. The van der Waals surface area contributed by atoms with Crippen molar-refractivity contribution in [3.05, 3.63) is 75.1 Å². The highest BCUT2D eigenvalue weighted by atomic mass is 16.5. The Kier molecular flexibility index (Phi) is 4.67. The molecule has 0 fully saturated rings. The summed E-state index contributed by atoms with van der Waals surface area (Å²) in [4.78, 5) is 29.6. The number of H-pyrrole nitrogens is 1. The number of hydrogen-bond acceptors (Lipinski definition) is 3. The van der Waals surface area contributed by atoms with E-state index in [-0.39, 0.29) is 17.5 Å². The lowest BCUT2D eigenvalue weighted by atomic mass is 9.92. The Morgan fingerprint density at radius 1 is 1.21 bits per heavy atom. The van der Waals surface area contributed by atoms with Gasteiger partial charge in [-0.25, -0.2) is 0 Å². The molecule has 1 aromatic heterocycles. The minimum absolute atomic E-state index is 0.0428. The van der Waals surface area contributed by atoms with Crippen LogP contribution in [0.3, 0.4) is 0 Å². The van der Waals surface area contributed by atoms with Crippen LogP contribution in [0.5, 0.6) is 5.75 Å². The molecule has 1 N–H and O–H groups in total. The molecule has 1 atom stereocenters. The predicted octanol–water partition coefficient (Wildman–Crippen LogP) is 3.53. The fourth-order valence-electron chi connectivity index (χ4n) is 4.03. The smallest absolute Gasteiger partial charge is 0.251 e. The van der Waals surface area contributed by atoms with Crippen LogP contribution in [-0.4, -0.2) is 29.4 Å². The number of rotatable bonds is 3. The fourth-order valence-corrected chi connectivity index (χ4v) is 4.03. The third-order valence-corrected chi connectivity index (χ3v) is 5.66. The molecule has 5 nitrogen and oxygen atoms in total. The second-order valence-electron chi connectivity index (χ2n) is 7.46. The summed E-state index contributed by atoms with van der Waals surface area (Å²) in [5.74, 6) is 0.977. The van der Waals surface area contributed by atoms with Crippen molar-refractivity contribution in [2.24, 2.45) is 0 Å². The Bertz CT molecular complexity index is 1120. The lowest BCUT2D eigenvalue weighted by molar-refractivity contribution is -0.133. The number of benzene rings is 2. The second-order valence-corrected chi connectivity index (χ2v) is 7.46. The highest BCUT2D eigenvalue weighted by Gasteiger charge is 2.27. The van der Waals surface area contributed by atoms with Crippen molar-refractivity contribution in [3.63, 3.8) is 0 Å². The molecular weight excluding hydrogens is 352 g/mol. The number of methoxy groups -OCH3 is 1. The average molecular weight is 376 g/mol. The molecule has 1 amide bonds. The number of aromatic nitrogens is 1. The van der Waals surface area contributed by atoms with Gasteiger partial charge in [0.1, 0.15) is 5.75 Å². The van der Waals surface area contributed by atoms with E-state index in [1.54, 1.807) is 14.0 Å². The van der Waals surface area contributed by atoms with Gasteiger partial charge in [0.05, 0.1) is 19.6 Å². The summed E-state index contributed by atoms with van der Waals surface area (Å²) >= 11 is 0. The summed E-state index contributed by atoms with van der Waals surface area (Å²) in [6, 6.07) is 13.8. The molecule has 3 aromatic rings. The van der Waals surface area contributed by atoms with Crippen molar-refractivity contribution in [2.75, 3.05) is 13.7 Å². The standard InChI is InChI=1S/C23H24N2O3/c1-14-10-18-11-16(4-7-21(18)24-23(14)27)12-22(26)25-9-8-17-13-19(28-3)5-6-20(17)15(25)2/h4-7,10-11,13,15H,8-9,12H2,1-3H3,(H,24,27). The molecular formula is C23H24N2O3. The predicted molar refractivity (Wildman–Crippen MR) is 110 cm³/mol. The SMILES string of the molecule is COc1ccc2c(c1)CCN(C(=O)Cc1ccc3[nH]c(=O)c(C)cc3c1)C2C. The molecule has 0 aliphatic carbocycles. The zero-order valence-electron chi connectivity index (χ0n) is 16.4. The average Bonchev–Trinajstić information content (AvgIpc) is 2.69. The highest BCUT2D eigenvalue weighted by Crippen LogP contribution is 2.32. The van der Waals surface area contributed by atoms with Crippen LogP contribution in [0.4, 0.5) is 0 Å². The number of carbonyl (C=O) groups is 1. The molecule has 1 unspecified atom stereocenters. The summed E-state index contributed by atoms with van der Waals surface area (Å²) < 4.78 is 5.32. The molecule has 2 aromatic carbocycles. The van der Waals surface area contributed by atoms with Crippen LogP contribution in [0, 0.1) is 6.92 Å². The van der Waals surface area contributed by atoms with Crippen LogP contribution in [0.15, 0.2) is 47.3 Å². The Balaban J connectivity index is 1.55. The Labute approximate surface area is 163 Å². The third kappa shape index (κ3) is 3.28. The number of nitrogens with one attached hydrogen (secondary N) is 1. The largest absolute Gasteiger partial charge is 0.497 e. The van der Waals surface area contributed by atoms with E-state index in [1.807, 2.05) is 35.2 Å². The van der Waals surface area contributed by atoms with Gasteiger partial charge in [-0.1, -0.05) is 12.1 Å². The number of aromatic amines is 1. The van der Waals surface area contributed by atoms with Crippen LogP contribution >= 0.6 is 0 Å². The molecule has 1 aliphatic rings. The van der Waals surface area contributed by atoms with E-state index in [0.29, 0.717) is 18.5 Å². The summed E-state index contributed by atoms with van der Waals surface area (Å²) in [6.07, 6.45) is 1.19. The van der Waals surface area contributed by atoms with Gasteiger partial charge >= 0.3 is 0 Å². The summed E-state index contributed by atoms with van der Waals surface area (Å²) in [5, 5.41) is 0.950. The van der Waals surface area contributed by atoms with E-state index in [1.165, 1.54) is 11.1 Å². The van der Waals surface area contributed by atoms with E-state index in [0.717, 1.165) is 28.6 Å². The van der Waals surface area contributed by atoms with E-state index in [2.05, 4.69) is 24.0 Å². The minimum Gasteiger partial charge on any atom is -0.497 e. The van der Waals surface area contributed by atoms with Crippen LogP contribution in [0.2, 0.25) is 0 Å². The zero-order valence-corrected chi connectivity index (χ0v) is 16.4. The second kappa shape index (κ2) is 7.15. The minimum atomic E-state index is -0.0752. The van der Waals surface area contributed by atoms with Crippen molar-refractivity contribution < 1.29 is 9.53 Å². The molecule has 0 saturated carbocycles. The summed E-state index contributed by atoms with van der Waals surface area (Å²) in [6.45, 7) is 4.58. The lowest BCUT2D eigenvalue weighted by Gasteiger charge is -2.35. The molecule has 0 radical (unpaired) electrons. The maximum absolute atomic E-state index is 13.0. The number of amides is 1. The van der Waals surface area contributed by atoms with Crippen LogP contribution in [-0.2, 0) is 17.6 Å². The van der Waals surface area contributed by atoms with Gasteiger partial charge < -0.3 is 14.6 Å². The normalized spacial score (nSPS) is 16.1. The number of fused-ring (bicyclic) bond motifs is 2. The number of aryl methyl sites for hydroxylation is 1. The quantitative estimate of drug-likeness (QED) is 0.761. The Morgan fingerprint density at radius 3 is 2.82 bits per heavy atom. The van der Waals surface area contributed by atoms with E-state index in [9.17, 15) is 9.59 Å². The molecule has 0 spiro atoms. The van der Waals surface area contributed by atoms with Gasteiger partial charge in [-0.05, 0) is 72.7 Å². The van der Waals surface area contributed by atoms with Crippen LogP contribution < -0.4 is 10.3 Å². The number of hydrogen-bond donors (Lipinski definition) is 1. The molecule has 4 rings (SSSR count). The first kappa shape index (κ1) is 18.3. The van der Waals surface area contributed by atoms with Gasteiger partial charge in [0, 0.05) is 17.6 Å². The monoisotopic (exact) mass is 376 g/mol. The topological polar surface area (TPSA) is 62.4 Å². The van der Waals surface area contributed by atoms with E-state index >= 15 is 0 Å². The van der Waals surface area contributed by atoms with Gasteiger partial charge in [0.25, 0.3) is 5.56 Å².